The molecule has 1 unspecified atom stereocenters. The number of furan rings is 1. The number of hydrogen-bond acceptors (Lipinski definition) is 3. The molecule has 96 valence electrons. The van der Waals surface area contributed by atoms with Gasteiger partial charge in [0, 0.05) is 16.9 Å². The molecule has 2 rings (SSSR count). The summed E-state index contributed by atoms with van der Waals surface area (Å²) >= 11 is 9.24. The van der Waals surface area contributed by atoms with Crippen LogP contribution in [0.2, 0.25) is 5.22 Å². The van der Waals surface area contributed by atoms with Gasteiger partial charge in [-0.3, -0.25) is 4.98 Å². The topological polar surface area (TPSA) is 38.1 Å². The van der Waals surface area contributed by atoms with Crippen molar-refractivity contribution in [2.75, 3.05) is 6.54 Å². The molecule has 1 N–H and O–H groups in total. The largest absolute Gasteiger partial charge is 0.448 e. The molecule has 0 spiro atoms. The number of pyridine rings is 1. The Morgan fingerprint density at radius 1 is 1.44 bits per heavy atom. The molecule has 18 heavy (non-hydrogen) atoms. The van der Waals surface area contributed by atoms with Gasteiger partial charge in [-0.1, -0.05) is 6.92 Å². The van der Waals surface area contributed by atoms with Gasteiger partial charge < -0.3 is 9.73 Å². The molecule has 0 aliphatic rings. The third kappa shape index (κ3) is 3.57. The molecule has 2 aromatic heterocycles. The monoisotopic (exact) mass is 328 g/mol. The van der Waals surface area contributed by atoms with Crippen molar-refractivity contribution < 1.29 is 4.42 Å². The van der Waals surface area contributed by atoms with Gasteiger partial charge >= 0.3 is 0 Å². The maximum Gasteiger partial charge on any atom is 0.193 e. The van der Waals surface area contributed by atoms with Gasteiger partial charge in [0.05, 0.1) is 6.04 Å². The average Bonchev–Trinajstić information content (AvgIpc) is 2.75. The second-order valence-corrected chi connectivity index (χ2v) is 5.26. The van der Waals surface area contributed by atoms with Crippen LogP contribution in [0.3, 0.4) is 0 Å². The minimum absolute atomic E-state index is 0.110. The summed E-state index contributed by atoms with van der Waals surface area (Å²) in [5.74, 6) is 0.849. The van der Waals surface area contributed by atoms with Gasteiger partial charge in [-0.05, 0) is 64.3 Å². The predicted octanol–water partition coefficient (Wildman–Crippen LogP) is 3.98. The van der Waals surface area contributed by atoms with Crippen LogP contribution >= 0.6 is 27.5 Å². The Labute approximate surface area is 120 Å². The Balaban J connectivity index is 2.16. The van der Waals surface area contributed by atoms with Gasteiger partial charge in [0.2, 0.25) is 0 Å². The second kappa shape index (κ2) is 6.36. The highest BCUT2D eigenvalue weighted by Crippen LogP contribution is 2.23. The number of nitrogens with zero attached hydrogens (tertiary/aromatic N) is 1. The molecule has 2 heterocycles. The van der Waals surface area contributed by atoms with E-state index in [1.54, 1.807) is 12.3 Å². The van der Waals surface area contributed by atoms with Gasteiger partial charge in [0.15, 0.2) is 5.22 Å². The van der Waals surface area contributed by atoms with Crippen LogP contribution in [-0.2, 0) is 6.42 Å². The summed E-state index contributed by atoms with van der Waals surface area (Å²) in [7, 11) is 0. The molecule has 5 heteroatoms. The van der Waals surface area contributed by atoms with Crippen LogP contribution in [0.5, 0.6) is 0 Å². The summed E-state index contributed by atoms with van der Waals surface area (Å²) in [6.07, 6.45) is 4.44. The molecule has 1 atom stereocenters. The standard InChI is InChI=1S/C13H14BrClN2O/c1-2-17-11(12-3-4-13(15)18-12)6-9-5-10(14)8-16-7-9/h3-5,7-8,11,17H,2,6H2,1H3. The van der Waals surface area contributed by atoms with Crippen molar-refractivity contribution in [3.63, 3.8) is 0 Å². The fourth-order valence-corrected chi connectivity index (χ4v) is 2.40. The maximum absolute atomic E-state index is 5.82. The zero-order chi connectivity index (χ0) is 13.0. The van der Waals surface area contributed by atoms with E-state index in [1.807, 2.05) is 12.3 Å². The molecule has 0 fully saturated rings. The van der Waals surface area contributed by atoms with Crippen molar-refractivity contribution >= 4 is 27.5 Å². The minimum Gasteiger partial charge on any atom is -0.448 e. The van der Waals surface area contributed by atoms with Crippen molar-refractivity contribution in [1.82, 2.24) is 10.3 Å². The number of halogens is 2. The highest BCUT2D eigenvalue weighted by atomic mass is 79.9. The molecule has 0 bridgehead atoms. The van der Waals surface area contributed by atoms with E-state index in [0.717, 1.165) is 28.8 Å². The van der Waals surface area contributed by atoms with Gasteiger partial charge in [-0.15, -0.1) is 0 Å². The number of likely N-dealkylation sites (N-methyl/N-ethyl adjacent to an activating group) is 1. The molecule has 0 aliphatic carbocycles. The summed E-state index contributed by atoms with van der Waals surface area (Å²) in [6, 6.07) is 5.84. The molecule has 2 aromatic rings. The predicted molar refractivity (Wildman–Crippen MR) is 75.8 cm³/mol. The Morgan fingerprint density at radius 3 is 2.89 bits per heavy atom. The smallest absolute Gasteiger partial charge is 0.193 e. The molecule has 0 amide bonds. The van der Waals surface area contributed by atoms with Crippen LogP contribution in [0.1, 0.15) is 24.3 Å². The molecule has 0 saturated heterocycles. The van der Waals surface area contributed by atoms with Crippen molar-refractivity contribution in [2.45, 2.75) is 19.4 Å². The Hall–Kier alpha value is -0.840. The van der Waals surface area contributed by atoms with Crippen LogP contribution < -0.4 is 5.32 Å². The lowest BCUT2D eigenvalue weighted by atomic mass is 10.1. The second-order valence-electron chi connectivity index (χ2n) is 3.97. The van der Waals surface area contributed by atoms with E-state index in [9.17, 15) is 0 Å². The number of nitrogens with one attached hydrogen (secondary N) is 1. The van der Waals surface area contributed by atoms with E-state index in [1.165, 1.54) is 0 Å². The number of aromatic nitrogens is 1. The minimum atomic E-state index is 0.110. The lowest BCUT2D eigenvalue weighted by molar-refractivity contribution is 0.417. The average molecular weight is 330 g/mol. The molecule has 0 aromatic carbocycles. The fourth-order valence-electron chi connectivity index (χ4n) is 1.84. The zero-order valence-corrected chi connectivity index (χ0v) is 12.3. The fraction of sp³-hybridized carbons (Fsp3) is 0.308. The first-order valence-corrected chi connectivity index (χ1v) is 6.94. The van der Waals surface area contributed by atoms with Crippen LogP contribution in [-0.4, -0.2) is 11.5 Å². The van der Waals surface area contributed by atoms with Crippen molar-refractivity contribution in [3.8, 4) is 0 Å². The Kier molecular flexibility index (Phi) is 4.80. The number of rotatable bonds is 5. The van der Waals surface area contributed by atoms with Gasteiger partial charge in [-0.25, -0.2) is 0 Å². The van der Waals surface area contributed by atoms with E-state index >= 15 is 0 Å². The third-order valence-corrected chi connectivity index (χ3v) is 3.23. The lowest BCUT2D eigenvalue weighted by Gasteiger charge is -2.15. The van der Waals surface area contributed by atoms with Crippen molar-refractivity contribution in [3.05, 3.63) is 51.6 Å². The van der Waals surface area contributed by atoms with E-state index in [4.69, 9.17) is 16.0 Å². The van der Waals surface area contributed by atoms with Gasteiger partial charge in [0.25, 0.3) is 0 Å². The third-order valence-electron chi connectivity index (χ3n) is 2.59. The number of hydrogen-bond donors (Lipinski definition) is 1. The molecule has 0 aliphatic heterocycles. The van der Waals surface area contributed by atoms with Crippen LogP contribution in [0.4, 0.5) is 0 Å². The molecular weight excluding hydrogens is 316 g/mol. The van der Waals surface area contributed by atoms with Crippen LogP contribution in [0, 0.1) is 0 Å². The zero-order valence-electron chi connectivity index (χ0n) is 9.99. The van der Waals surface area contributed by atoms with E-state index in [2.05, 4.69) is 39.2 Å². The quantitative estimate of drug-likeness (QED) is 0.901. The summed E-state index contributed by atoms with van der Waals surface area (Å²) in [4.78, 5) is 4.16. The maximum atomic E-state index is 5.82. The first-order valence-electron chi connectivity index (χ1n) is 5.77. The highest BCUT2D eigenvalue weighted by molar-refractivity contribution is 9.10. The van der Waals surface area contributed by atoms with Crippen LogP contribution in [0.15, 0.2) is 39.5 Å². The molecule has 0 radical (unpaired) electrons. The first-order chi connectivity index (χ1) is 8.69. The normalized spacial score (nSPS) is 12.6. The first kappa shape index (κ1) is 13.6. The van der Waals surface area contributed by atoms with E-state index in [0.29, 0.717) is 5.22 Å². The summed E-state index contributed by atoms with van der Waals surface area (Å²) in [5.41, 5.74) is 1.14. The summed E-state index contributed by atoms with van der Waals surface area (Å²) in [6.45, 7) is 2.93. The highest BCUT2D eigenvalue weighted by Gasteiger charge is 2.15. The summed E-state index contributed by atoms with van der Waals surface area (Å²) in [5, 5.41) is 3.80. The van der Waals surface area contributed by atoms with Crippen molar-refractivity contribution in [1.29, 1.82) is 0 Å². The SMILES string of the molecule is CCNC(Cc1cncc(Br)c1)c1ccc(Cl)o1. The molecule has 3 nitrogen and oxygen atoms in total. The molecule has 0 saturated carbocycles. The van der Waals surface area contributed by atoms with E-state index < -0.39 is 0 Å². The Bertz CT molecular complexity index is 515. The van der Waals surface area contributed by atoms with Gasteiger partial charge in [0.1, 0.15) is 5.76 Å². The van der Waals surface area contributed by atoms with E-state index in [-0.39, 0.29) is 6.04 Å². The van der Waals surface area contributed by atoms with Crippen LogP contribution in [0.25, 0.3) is 0 Å². The van der Waals surface area contributed by atoms with Crippen molar-refractivity contribution in [2.24, 2.45) is 0 Å². The Morgan fingerprint density at radius 2 is 2.28 bits per heavy atom. The lowest BCUT2D eigenvalue weighted by Crippen LogP contribution is -2.22. The summed E-state index contributed by atoms with van der Waals surface area (Å²) < 4.78 is 6.45. The van der Waals surface area contributed by atoms with Gasteiger partial charge in [-0.2, -0.15) is 0 Å². The molecular formula is C13H14BrClN2O.